The van der Waals surface area contributed by atoms with E-state index in [1.807, 2.05) is 36.4 Å². The van der Waals surface area contributed by atoms with E-state index in [1.54, 1.807) is 48.5 Å². The standard InChI is InChI=1S/C23H20N4O3/c24-14-18-7-4-8-20(13-18)26-22(28)16-30-27-23(25)19-9-11-21(12-10-19)29-15-17-5-2-1-3-6-17/h1-13H,15-16H2,(H2,25,27)(H,26,28). The minimum Gasteiger partial charge on any atom is -0.489 e. The molecule has 3 aromatic carbocycles. The summed E-state index contributed by atoms with van der Waals surface area (Å²) in [4.78, 5) is 16.9. The fourth-order valence-electron chi connectivity index (χ4n) is 2.54. The van der Waals surface area contributed by atoms with Crippen LogP contribution in [0.5, 0.6) is 5.75 Å². The predicted molar refractivity (Wildman–Crippen MR) is 114 cm³/mol. The van der Waals surface area contributed by atoms with Gasteiger partial charge in [-0.2, -0.15) is 5.26 Å². The third-order valence-electron chi connectivity index (χ3n) is 4.03. The van der Waals surface area contributed by atoms with Gasteiger partial charge in [-0.05, 0) is 48.0 Å². The Balaban J connectivity index is 1.47. The van der Waals surface area contributed by atoms with Gasteiger partial charge in [0.05, 0.1) is 11.6 Å². The van der Waals surface area contributed by atoms with Gasteiger partial charge in [0, 0.05) is 11.3 Å². The molecule has 3 aromatic rings. The third-order valence-corrected chi connectivity index (χ3v) is 4.03. The first-order valence-electron chi connectivity index (χ1n) is 9.16. The molecule has 0 aliphatic rings. The van der Waals surface area contributed by atoms with Gasteiger partial charge in [0.1, 0.15) is 12.4 Å². The van der Waals surface area contributed by atoms with Gasteiger partial charge in [-0.1, -0.05) is 41.6 Å². The number of nitrogens with two attached hydrogens (primary N) is 1. The second-order valence-corrected chi connectivity index (χ2v) is 6.29. The van der Waals surface area contributed by atoms with Gasteiger partial charge in [-0.25, -0.2) is 0 Å². The molecular weight excluding hydrogens is 380 g/mol. The third kappa shape index (κ3) is 6.11. The molecule has 0 bridgehead atoms. The molecule has 0 unspecified atom stereocenters. The first kappa shape index (κ1) is 20.4. The molecule has 150 valence electrons. The number of hydrogen-bond donors (Lipinski definition) is 2. The topological polar surface area (TPSA) is 110 Å². The summed E-state index contributed by atoms with van der Waals surface area (Å²) in [7, 11) is 0. The largest absolute Gasteiger partial charge is 0.489 e. The van der Waals surface area contributed by atoms with Crippen LogP contribution in [0.25, 0.3) is 0 Å². The summed E-state index contributed by atoms with van der Waals surface area (Å²) < 4.78 is 5.73. The van der Waals surface area contributed by atoms with E-state index in [0.29, 0.717) is 29.2 Å². The van der Waals surface area contributed by atoms with Crippen molar-refractivity contribution in [3.63, 3.8) is 0 Å². The number of carbonyl (C=O) groups excluding carboxylic acids is 1. The van der Waals surface area contributed by atoms with E-state index in [9.17, 15) is 4.79 Å². The first-order valence-corrected chi connectivity index (χ1v) is 9.16. The van der Waals surface area contributed by atoms with Gasteiger partial charge in [0.15, 0.2) is 12.4 Å². The lowest BCUT2D eigenvalue weighted by Crippen LogP contribution is -2.19. The van der Waals surface area contributed by atoms with Crippen molar-refractivity contribution in [1.82, 2.24) is 0 Å². The van der Waals surface area contributed by atoms with Crippen LogP contribution >= 0.6 is 0 Å². The summed E-state index contributed by atoms with van der Waals surface area (Å²) in [5.41, 5.74) is 8.58. The van der Waals surface area contributed by atoms with E-state index < -0.39 is 5.91 Å². The Kier molecular flexibility index (Phi) is 7.01. The van der Waals surface area contributed by atoms with E-state index in [1.165, 1.54) is 0 Å². The Hall–Kier alpha value is -4.31. The second kappa shape index (κ2) is 10.3. The summed E-state index contributed by atoms with van der Waals surface area (Å²) in [6, 6.07) is 25.5. The molecule has 0 saturated carbocycles. The van der Waals surface area contributed by atoms with Crippen LogP contribution in [0, 0.1) is 11.3 Å². The van der Waals surface area contributed by atoms with Crippen molar-refractivity contribution in [2.75, 3.05) is 11.9 Å². The van der Waals surface area contributed by atoms with E-state index in [4.69, 9.17) is 20.6 Å². The van der Waals surface area contributed by atoms with Crippen LogP contribution in [0.3, 0.4) is 0 Å². The van der Waals surface area contributed by atoms with Gasteiger partial charge >= 0.3 is 0 Å². The molecule has 0 heterocycles. The van der Waals surface area contributed by atoms with E-state index >= 15 is 0 Å². The van der Waals surface area contributed by atoms with Crippen LogP contribution in [0.4, 0.5) is 5.69 Å². The van der Waals surface area contributed by atoms with Gasteiger partial charge in [-0.3, -0.25) is 4.79 Å². The molecule has 3 N–H and O–H groups in total. The first-order chi connectivity index (χ1) is 14.6. The average molecular weight is 400 g/mol. The second-order valence-electron chi connectivity index (χ2n) is 6.29. The zero-order valence-electron chi connectivity index (χ0n) is 16.1. The van der Waals surface area contributed by atoms with Gasteiger partial charge < -0.3 is 20.6 Å². The molecule has 0 aliphatic carbocycles. The molecule has 7 nitrogen and oxygen atoms in total. The monoisotopic (exact) mass is 400 g/mol. The SMILES string of the molecule is N#Cc1cccc(NC(=O)CO/N=C(\N)c2ccc(OCc3ccccc3)cc2)c1. The number of ether oxygens (including phenoxy) is 1. The zero-order chi connectivity index (χ0) is 21.2. The van der Waals surface area contributed by atoms with Gasteiger partial charge in [0.2, 0.25) is 0 Å². The Morgan fingerprint density at radius 3 is 2.53 bits per heavy atom. The Morgan fingerprint density at radius 2 is 1.80 bits per heavy atom. The lowest BCUT2D eigenvalue weighted by molar-refractivity contribution is -0.120. The van der Waals surface area contributed by atoms with Gasteiger partial charge in [0.25, 0.3) is 5.91 Å². The number of amidine groups is 1. The lowest BCUT2D eigenvalue weighted by Gasteiger charge is -2.07. The highest BCUT2D eigenvalue weighted by atomic mass is 16.6. The number of nitrogens with zero attached hydrogens (tertiary/aromatic N) is 2. The number of carbonyl (C=O) groups is 1. The summed E-state index contributed by atoms with van der Waals surface area (Å²) in [5.74, 6) is 0.436. The summed E-state index contributed by atoms with van der Waals surface area (Å²) in [6.45, 7) is 0.162. The molecule has 0 saturated heterocycles. The molecule has 0 fully saturated rings. The molecule has 0 aliphatic heterocycles. The van der Waals surface area contributed by atoms with E-state index in [0.717, 1.165) is 5.56 Å². The molecule has 7 heteroatoms. The molecule has 3 rings (SSSR count). The van der Waals surface area contributed by atoms with Crippen LogP contribution in [0.1, 0.15) is 16.7 Å². The zero-order valence-corrected chi connectivity index (χ0v) is 16.1. The molecule has 0 aromatic heterocycles. The minimum absolute atomic E-state index is 0.142. The predicted octanol–water partition coefficient (Wildman–Crippen LogP) is 3.41. The maximum Gasteiger partial charge on any atom is 0.265 e. The smallest absolute Gasteiger partial charge is 0.265 e. The van der Waals surface area contributed by atoms with Crippen molar-refractivity contribution >= 4 is 17.4 Å². The molecule has 1 amide bonds. The molecule has 0 radical (unpaired) electrons. The van der Waals surface area contributed by atoms with E-state index in [-0.39, 0.29) is 12.4 Å². The average Bonchev–Trinajstić information content (AvgIpc) is 2.78. The lowest BCUT2D eigenvalue weighted by atomic mass is 10.2. The summed E-state index contributed by atoms with van der Waals surface area (Å²) in [5, 5.41) is 15.3. The number of benzene rings is 3. The maximum atomic E-state index is 11.9. The van der Waals surface area contributed by atoms with Gasteiger partial charge in [-0.15, -0.1) is 0 Å². The molecule has 30 heavy (non-hydrogen) atoms. The molecule has 0 atom stereocenters. The maximum absolute atomic E-state index is 11.9. The number of nitrogens with one attached hydrogen (secondary N) is 1. The number of rotatable bonds is 8. The Bertz CT molecular complexity index is 1060. The number of hydrogen-bond acceptors (Lipinski definition) is 5. The highest BCUT2D eigenvalue weighted by Gasteiger charge is 2.05. The van der Waals surface area contributed by atoms with Crippen LogP contribution in [-0.2, 0) is 16.2 Å². The van der Waals surface area contributed by atoms with Crippen molar-refractivity contribution in [3.8, 4) is 11.8 Å². The minimum atomic E-state index is -0.411. The Labute approximate surface area is 174 Å². The number of amides is 1. The fraction of sp³-hybridized carbons (Fsp3) is 0.0870. The van der Waals surface area contributed by atoms with Crippen LogP contribution < -0.4 is 15.8 Å². The van der Waals surface area contributed by atoms with Crippen LogP contribution in [-0.4, -0.2) is 18.3 Å². The number of oxime groups is 1. The Morgan fingerprint density at radius 1 is 1.03 bits per heavy atom. The molecule has 0 spiro atoms. The van der Waals surface area contributed by atoms with Crippen molar-refractivity contribution in [3.05, 3.63) is 95.6 Å². The fourth-order valence-corrected chi connectivity index (χ4v) is 2.54. The summed E-state index contributed by atoms with van der Waals surface area (Å²) in [6.07, 6.45) is 0. The van der Waals surface area contributed by atoms with Crippen LogP contribution in [0.15, 0.2) is 84.0 Å². The molecular formula is C23H20N4O3. The van der Waals surface area contributed by atoms with Crippen molar-refractivity contribution < 1.29 is 14.4 Å². The van der Waals surface area contributed by atoms with Crippen LogP contribution in [0.2, 0.25) is 0 Å². The number of nitriles is 1. The normalized spacial score (nSPS) is 10.7. The quantitative estimate of drug-likeness (QED) is 0.342. The van der Waals surface area contributed by atoms with E-state index in [2.05, 4.69) is 10.5 Å². The highest BCUT2D eigenvalue weighted by Crippen LogP contribution is 2.14. The van der Waals surface area contributed by atoms with Crippen molar-refractivity contribution in [1.29, 1.82) is 5.26 Å². The highest BCUT2D eigenvalue weighted by molar-refractivity contribution is 5.97. The van der Waals surface area contributed by atoms with Crippen molar-refractivity contribution in [2.24, 2.45) is 10.9 Å². The number of anilines is 1. The van der Waals surface area contributed by atoms with Crippen molar-refractivity contribution in [2.45, 2.75) is 6.61 Å². The summed E-state index contributed by atoms with van der Waals surface area (Å²) >= 11 is 0.